The summed E-state index contributed by atoms with van der Waals surface area (Å²) in [4.78, 5) is 24.8. The Labute approximate surface area is 156 Å². The normalized spacial score (nSPS) is 16.3. The van der Waals surface area contributed by atoms with Gasteiger partial charge in [0, 0.05) is 6.04 Å². The number of carbonyl (C=O) groups is 2. The quantitative estimate of drug-likeness (QED) is 0.621. The van der Waals surface area contributed by atoms with Crippen molar-refractivity contribution in [1.82, 2.24) is 16.2 Å². The number of hydrazine groups is 1. The number of nitrogens with one attached hydrogen (secondary N) is 3. The summed E-state index contributed by atoms with van der Waals surface area (Å²) in [6.45, 7) is 5.55. The molecule has 0 saturated heterocycles. The van der Waals surface area contributed by atoms with E-state index in [1.807, 2.05) is 30.3 Å². The Kier molecular flexibility index (Phi) is 7.60. The maximum atomic E-state index is 12.6. The van der Waals surface area contributed by atoms with Crippen LogP contribution in [0.5, 0.6) is 0 Å². The molecular formula is C20H31N3O3. The lowest BCUT2D eigenvalue weighted by molar-refractivity contribution is -0.120. The molecule has 0 aromatic heterocycles. The Bertz CT molecular complexity index is 578. The number of hydrogen-bond acceptors (Lipinski definition) is 5. The third-order valence-electron chi connectivity index (χ3n) is 4.29. The number of rotatable bonds is 8. The highest BCUT2D eigenvalue weighted by Gasteiger charge is 2.24. The van der Waals surface area contributed by atoms with Crippen LogP contribution in [-0.2, 0) is 16.0 Å². The second-order valence-electron chi connectivity index (χ2n) is 7.83. The average Bonchev–Trinajstić information content (AvgIpc) is 3.06. The van der Waals surface area contributed by atoms with Crippen LogP contribution in [0.1, 0.15) is 52.0 Å². The highest BCUT2D eigenvalue weighted by Crippen LogP contribution is 2.16. The SMILES string of the molecule is CC(C)(C)OC(=O)N[C@@H](Cc1ccccc1)C(=O)CNNC1CCCC1. The van der Waals surface area contributed by atoms with E-state index in [1.165, 1.54) is 12.8 Å². The van der Waals surface area contributed by atoms with Gasteiger partial charge in [-0.3, -0.25) is 15.6 Å². The fourth-order valence-corrected chi connectivity index (χ4v) is 3.02. The zero-order valence-electron chi connectivity index (χ0n) is 16.0. The molecular weight excluding hydrogens is 330 g/mol. The molecule has 1 amide bonds. The fraction of sp³-hybridized carbons (Fsp3) is 0.600. The van der Waals surface area contributed by atoms with E-state index in [4.69, 9.17) is 4.74 Å². The molecule has 0 radical (unpaired) electrons. The molecule has 0 spiro atoms. The summed E-state index contributed by atoms with van der Waals surface area (Å²) in [7, 11) is 0. The molecule has 144 valence electrons. The molecule has 6 heteroatoms. The molecule has 0 aliphatic heterocycles. The first kappa shape index (κ1) is 20.4. The lowest BCUT2D eigenvalue weighted by Gasteiger charge is -2.23. The van der Waals surface area contributed by atoms with Crippen molar-refractivity contribution in [3.8, 4) is 0 Å². The van der Waals surface area contributed by atoms with Gasteiger partial charge in [-0.2, -0.15) is 0 Å². The standard InChI is InChI=1S/C20H31N3O3/c1-20(2,3)26-19(25)22-17(13-15-9-5-4-6-10-15)18(24)14-21-23-16-11-7-8-12-16/h4-6,9-10,16-17,21,23H,7-8,11-14H2,1-3H3,(H,22,25)/t17-/m0/s1. The van der Waals surface area contributed by atoms with Gasteiger partial charge in [-0.05, 0) is 45.6 Å². The molecule has 3 N–H and O–H groups in total. The first-order valence-electron chi connectivity index (χ1n) is 9.38. The minimum absolute atomic E-state index is 0.0785. The molecule has 1 aromatic rings. The summed E-state index contributed by atoms with van der Waals surface area (Å²) >= 11 is 0. The van der Waals surface area contributed by atoms with E-state index in [0.717, 1.165) is 18.4 Å². The van der Waals surface area contributed by atoms with E-state index in [2.05, 4.69) is 16.2 Å². The van der Waals surface area contributed by atoms with Crippen molar-refractivity contribution >= 4 is 11.9 Å². The lowest BCUT2D eigenvalue weighted by Crippen LogP contribution is -2.50. The van der Waals surface area contributed by atoms with Crippen molar-refractivity contribution in [2.24, 2.45) is 0 Å². The van der Waals surface area contributed by atoms with Gasteiger partial charge in [-0.1, -0.05) is 43.2 Å². The van der Waals surface area contributed by atoms with Crippen LogP contribution < -0.4 is 16.2 Å². The highest BCUT2D eigenvalue weighted by atomic mass is 16.6. The molecule has 1 aliphatic rings. The zero-order valence-corrected chi connectivity index (χ0v) is 16.0. The van der Waals surface area contributed by atoms with Crippen LogP contribution >= 0.6 is 0 Å². The Morgan fingerprint density at radius 1 is 1.15 bits per heavy atom. The highest BCUT2D eigenvalue weighted by molar-refractivity contribution is 5.89. The van der Waals surface area contributed by atoms with E-state index in [9.17, 15) is 9.59 Å². The van der Waals surface area contributed by atoms with Gasteiger partial charge in [0.1, 0.15) is 5.60 Å². The molecule has 0 bridgehead atoms. The zero-order chi connectivity index (χ0) is 19.0. The number of hydrogen-bond donors (Lipinski definition) is 3. The molecule has 0 heterocycles. The average molecular weight is 361 g/mol. The maximum absolute atomic E-state index is 12.6. The second-order valence-corrected chi connectivity index (χ2v) is 7.83. The number of benzene rings is 1. The van der Waals surface area contributed by atoms with Crippen LogP contribution in [-0.4, -0.2) is 36.1 Å². The number of ketones is 1. The van der Waals surface area contributed by atoms with E-state index in [0.29, 0.717) is 12.5 Å². The largest absolute Gasteiger partial charge is 0.444 e. The minimum Gasteiger partial charge on any atom is -0.444 e. The molecule has 1 saturated carbocycles. The molecule has 26 heavy (non-hydrogen) atoms. The lowest BCUT2D eigenvalue weighted by atomic mass is 10.0. The van der Waals surface area contributed by atoms with E-state index in [1.54, 1.807) is 20.8 Å². The number of amides is 1. The van der Waals surface area contributed by atoms with Crippen LogP contribution in [0.15, 0.2) is 30.3 Å². The second kappa shape index (κ2) is 9.69. The van der Waals surface area contributed by atoms with E-state index in [-0.39, 0.29) is 12.3 Å². The third-order valence-corrected chi connectivity index (χ3v) is 4.29. The molecule has 2 rings (SSSR count). The van der Waals surface area contributed by atoms with Gasteiger partial charge in [0.25, 0.3) is 0 Å². The van der Waals surface area contributed by atoms with Crippen LogP contribution in [0.4, 0.5) is 4.79 Å². The Hall–Kier alpha value is -1.92. The summed E-state index contributed by atoms with van der Waals surface area (Å²) in [5, 5.41) is 2.72. The van der Waals surface area contributed by atoms with Crippen LogP contribution in [0, 0.1) is 0 Å². The van der Waals surface area contributed by atoms with Crippen molar-refractivity contribution in [3.63, 3.8) is 0 Å². The topological polar surface area (TPSA) is 79.5 Å². The first-order chi connectivity index (χ1) is 12.3. The van der Waals surface area contributed by atoms with Gasteiger partial charge < -0.3 is 10.1 Å². The molecule has 1 fully saturated rings. The van der Waals surface area contributed by atoms with E-state index < -0.39 is 17.7 Å². The van der Waals surface area contributed by atoms with Crippen molar-refractivity contribution < 1.29 is 14.3 Å². The van der Waals surface area contributed by atoms with Gasteiger partial charge in [0.2, 0.25) is 0 Å². The predicted octanol–water partition coefficient (Wildman–Crippen LogP) is 2.73. The summed E-state index contributed by atoms with van der Waals surface area (Å²) in [6, 6.07) is 9.45. The van der Waals surface area contributed by atoms with Gasteiger partial charge in [0.15, 0.2) is 5.78 Å². The maximum Gasteiger partial charge on any atom is 0.408 e. The molecule has 1 aliphatic carbocycles. The van der Waals surface area contributed by atoms with E-state index >= 15 is 0 Å². The van der Waals surface area contributed by atoms with Crippen molar-refractivity contribution in [3.05, 3.63) is 35.9 Å². The van der Waals surface area contributed by atoms with Gasteiger partial charge in [-0.25, -0.2) is 4.79 Å². The van der Waals surface area contributed by atoms with Crippen molar-refractivity contribution in [2.75, 3.05) is 6.54 Å². The van der Waals surface area contributed by atoms with Crippen LogP contribution in [0.25, 0.3) is 0 Å². The molecule has 1 atom stereocenters. The van der Waals surface area contributed by atoms with Crippen LogP contribution in [0.3, 0.4) is 0 Å². The number of alkyl carbamates (subject to hydrolysis) is 1. The predicted molar refractivity (Wildman–Crippen MR) is 102 cm³/mol. The smallest absolute Gasteiger partial charge is 0.408 e. The summed E-state index contributed by atoms with van der Waals surface area (Å²) in [5.41, 5.74) is 6.62. The van der Waals surface area contributed by atoms with Crippen molar-refractivity contribution in [1.29, 1.82) is 0 Å². The Morgan fingerprint density at radius 3 is 2.42 bits per heavy atom. The third kappa shape index (κ3) is 7.54. The van der Waals surface area contributed by atoms with Crippen molar-refractivity contribution in [2.45, 2.75) is 70.6 Å². The molecule has 0 unspecified atom stereocenters. The van der Waals surface area contributed by atoms with Crippen LogP contribution in [0.2, 0.25) is 0 Å². The molecule has 1 aromatic carbocycles. The number of ether oxygens (including phenoxy) is 1. The molecule has 6 nitrogen and oxygen atoms in total. The minimum atomic E-state index is -0.634. The Morgan fingerprint density at radius 2 is 1.81 bits per heavy atom. The summed E-state index contributed by atoms with van der Waals surface area (Å²) in [6.07, 6.45) is 4.57. The summed E-state index contributed by atoms with van der Waals surface area (Å²) < 4.78 is 5.30. The van der Waals surface area contributed by atoms with Gasteiger partial charge in [-0.15, -0.1) is 0 Å². The van der Waals surface area contributed by atoms with Gasteiger partial charge in [0.05, 0.1) is 12.6 Å². The first-order valence-corrected chi connectivity index (χ1v) is 9.38. The summed E-state index contributed by atoms with van der Waals surface area (Å²) in [5.74, 6) is -0.0785. The fourth-order valence-electron chi connectivity index (χ4n) is 3.02. The van der Waals surface area contributed by atoms with Gasteiger partial charge >= 0.3 is 6.09 Å². The number of Topliss-reactive ketones (excluding diaryl/α,β-unsaturated/α-hetero) is 1. The number of carbonyl (C=O) groups excluding carboxylic acids is 2. The Balaban J connectivity index is 1.91. The monoisotopic (exact) mass is 361 g/mol.